The van der Waals surface area contributed by atoms with Crippen LogP contribution in [-0.4, -0.2) is 27.1 Å². The first-order valence-corrected chi connectivity index (χ1v) is 5.07. The third-order valence-electron chi connectivity index (χ3n) is 2.02. The molecule has 1 rings (SSSR count). The van der Waals surface area contributed by atoms with Gasteiger partial charge in [-0.05, 0) is 18.2 Å². The van der Waals surface area contributed by atoms with E-state index in [4.69, 9.17) is 5.73 Å². The van der Waals surface area contributed by atoms with Crippen molar-refractivity contribution in [3.05, 3.63) is 23.8 Å². The quantitative estimate of drug-likeness (QED) is 0.450. The Morgan fingerprint density at radius 3 is 2.73 bits per heavy atom. The molecule has 84 valence electrons. The number of thiol groups is 1. The lowest BCUT2D eigenvalue weighted by Crippen LogP contribution is -2.19. The number of halogens is 1. The van der Waals surface area contributed by atoms with Crippen molar-refractivity contribution in [1.29, 1.82) is 0 Å². The smallest absolute Gasteiger partial charge is 0.236 e. The lowest BCUT2D eigenvalue weighted by Gasteiger charge is -2.17. The highest BCUT2D eigenvalue weighted by molar-refractivity contribution is 7.80. The number of hydrogen-bond acceptors (Lipinski definition) is 5. The predicted octanol–water partition coefficient (Wildman–Crippen LogP) is 0.517. The maximum atomic E-state index is 12.7. The van der Waals surface area contributed by atoms with Gasteiger partial charge in [-0.3, -0.25) is 0 Å². The van der Waals surface area contributed by atoms with Crippen LogP contribution in [0.2, 0.25) is 0 Å². The first-order chi connectivity index (χ1) is 7.06. The highest BCUT2D eigenvalue weighted by Crippen LogP contribution is 2.21. The summed E-state index contributed by atoms with van der Waals surface area (Å²) in [5.74, 6) is -0.336. The van der Waals surface area contributed by atoms with E-state index in [0.29, 0.717) is 17.7 Å². The summed E-state index contributed by atoms with van der Waals surface area (Å²) < 4.78 is 12.7. The topological polar surface area (TPSA) is 79.4 Å². The van der Waals surface area contributed by atoms with Gasteiger partial charge in [0.25, 0.3) is 0 Å². The van der Waals surface area contributed by atoms with E-state index < -0.39 is 18.2 Å². The second-order valence-corrected chi connectivity index (χ2v) is 3.62. The Kier molecular flexibility index (Phi) is 4.31. The second-order valence-electron chi connectivity index (χ2n) is 3.17. The molecule has 0 aliphatic carbocycles. The molecule has 15 heavy (non-hydrogen) atoms. The van der Waals surface area contributed by atoms with Gasteiger partial charge in [0.15, 0.2) is 0 Å². The summed E-state index contributed by atoms with van der Waals surface area (Å²) in [5.41, 5.74) is 5.43. The van der Waals surface area contributed by atoms with Crippen molar-refractivity contribution in [3.8, 4) is 0 Å². The molecule has 0 radical (unpaired) electrons. The van der Waals surface area contributed by atoms with Crippen molar-refractivity contribution in [1.82, 2.24) is 4.98 Å². The van der Waals surface area contributed by atoms with Crippen molar-refractivity contribution >= 4 is 18.3 Å². The van der Waals surface area contributed by atoms with Gasteiger partial charge in [0.1, 0.15) is 6.10 Å². The highest BCUT2D eigenvalue weighted by Gasteiger charge is 2.18. The summed E-state index contributed by atoms with van der Waals surface area (Å²) in [6.07, 6.45) is -0.582. The molecule has 1 heterocycles. The molecule has 1 aromatic rings. The van der Waals surface area contributed by atoms with E-state index in [1.807, 2.05) is 0 Å². The van der Waals surface area contributed by atoms with E-state index in [-0.39, 0.29) is 5.69 Å². The van der Waals surface area contributed by atoms with Gasteiger partial charge in [-0.2, -0.15) is 17.0 Å². The number of aliphatic hydroxyl groups excluding tert-OH is 2. The van der Waals surface area contributed by atoms with Crippen LogP contribution in [0.15, 0.2) is 12.3 Å². The van der Waals surface area contributed by atoms with E-state index in [2.05, 4.69) is 17.6 Å². The molecule has 0 amide bonds. The number of aromatic nitrogens is 1. The van der Waals surface area contributed by atoms with Crippen LogP contribution in [0.4, 0.5) is 10.1 Å². The number of nitrogens with zero attached hydrogens (tertiary/aromatic N) is 1. The molecule has 0 aliphatic heterocycles. The SMILES string of the molecule is Nc1cc(C(O)C(O)CCS)cnc1F. The Hall–Kier alpha value is -0.850. The number of aliphatic hydroxyl groups is 2. The number of anilines is 1. The fraction of sp³-hybridized carbons (Fsp3) is 0.444. The van der Waals surface area contributed by atoms with Crippen LogP contribution in [-0.2, 0) is 0 Å². The zero-order valence-electron chi connectivity index (χ0n) is 7.97. The van der Waals surface area contributed by atoms with E-state index in [9.17, 15) is 14.6 Å². The summed E-state index contributed by atoms with van der Waals surface area (Å²) in [6, 6.07) is 1.26. The molecule has 0 spiro atoms. The van der Waals surface area contributed by atoms with Crippen LogP contribution < -0.4 is 5.73 Å². The molecule has 0 bridgehead atoms. The van der Waals surface area contributed by atoms with Crippen molar-refractivity contribution in [2.75, 3.05) is 11.5 Å². The van der Waals surface area contributed by atoms with Gasteiger partial charge < -0.3 is 15.9 Å². The van der Waals surface area contributed by atoms with Gasteiger partial charge in [-0.15, -0.1) is 0 Å². The molecular formula is C9H13FN2O2S. The summed E-state index contributed by atoms with van der Waals surface area (Å²) in [6.45, 7) is 0. The first kappa shape index (κ1) is 12.2. The molecule has 0 fully saturated rings. The monoisotopic (exact) mass is 232 g/mol. The second kappa shape index (κ2) is 5.29. The number of nitrogens with two attached hydrogens (primary N) is 1. The molecule has 4 nitrogen and oxygen atoms in total. The van der Waals surface area contributed by atoms with Crippen LogP contribution in [0.5, 0.6) is 0 Å². The predicted molar refractivity (Wildman–Crippen MR) is 58.0 cm³/mol. The number of rotatable bonds is 4. The van der Waals surface area contributed by atoms with Crippen molar-refractivity contribution in [2.45, 2.75) is 18.6 Å². The zero-order chi connectivity index (χ0) is 11.4. The first-order valence-electron chi connectivity index (χ1n) is 4.44. The minimum atomic E-state index is -1.12. The van der Waals surface area contributed by atoms with Gasteiger partial charge in [0.2, 0.25) is 5.95 Å². The molecule has 0 aliphatic rings. The fourth-order valence-corrected chi connectivity index (χ4v) is 1.42. The van der Waals surface area contributed by atoms with E-state index >= 15 is 0 Å². The van der Waals surface area contributed by atoms with Crippen LogP contribution in [0.1, 0.15) is 18.1 Å². The number of hydrogen-bond donors (Lipinski definition) is 4. The summed E-state index contributed by atoms with van der Waals surface area (Å²) in [5, 5.41) is 19.1. The fourth-order valence-electron chi connectivity index (χ4n) is 1.16. The van der Waals surface area contributed by atoms with Crippen LogP contribution in [0.25, 0.3) is 0 Å². The lowest BCUT2D eigenvalue weighted by atomic mass is 10.0. The van der Waals surface area contributed by atoms with Gasteiger partial charge in [0.05, 0.1) is 11.8 Å². The highest BCUT2D eigenvalue weighted by atomic mass is 32.1. The lowest BCUT2D eigenvalue weighted by molar-refractivity contribution is 0.0170. The Balaban J connectivity index is 2.81. The zero-order valence-corrected chi connectivity index (χ0v) is 8.86. The van der Waals surface area contributed by atoms with Gasteiger partial charge in [0, 0.05) is 11.8 Å². The van der Waals surface area contributed by atoms with Gasteiger partial charge in [-0.25, -0.2) is 4.98 Å². The van der Waals surface area contributed by atoms with Crippen molar-refractivity contribution in [3.63, 3.8) is 0 Å². The number of nitrogen functional groups attached to an aromatic ring is 1. The van der Waals surface area contributed by atoms with E-state index in [1.165, 1.54) is 6.07 Å². The van der Waals surface area contributed by atoms with Crippen molar-refractivity contribution in [2.24, 2.45) is 0 Å². The maximum Gasteiger partial charge on any atom is 0.236 e. The molecule has 1 aromatic heterocycles. The molecule has 0 saturated heterocycles. The Labute approximate surface area is 92.4 Å². The van der Waals surface area contributed by atoms with E-state index in [0.717, 1.165) is 6.20 Å². The molecule has 2 atom stereocenters. The van der Waals surface area contributed by atoms with Crippen LogP contribution >= 0.6 is 12.6 Å². The van der Waals surface area contributed by atoms with Crippen molar-refractivity contribution < 1.29 is 14.6 Å². The summed E-state index contributed by atoms with van der Waals surface area (Å²) in [4.78, 5) is 3.36. The van der Waals surface area contributed by atoms with Gasteiger partial charge in [-0.1, -0.05) is 0 Å². The molecule has 6 heteroatoms. The average molecular weight is 232 g/mol. The summed E-state index contributed by atoms with van der Waals surface area (Å²) >= 11 is 3.93. The van der Waals surface area contributed by atoms with E-state index in [1.54, 1.807) is 0 Å². The normalized spacial score (nSPS) is 14.9. The molecule has 0 aromatic carbocycles. The molecule has 4 N–H and O–H groups in total. The summed E-state index contributed by atoms with van der Waals surface area (Å²) in [7, 11) is 0. The Morgan fingerprint density at radius 2 is 2.20 bits per heavy atom. The third kappa shape index (κ3) is 3.05. The minimum Gasteiger partial charge on any atom is -0.395 e. The van der Waals surface area contributed by atoms with Gasteiger partial charge >= 0.3 is 0 Å². The maximum absolute atomic E-state index is 12.7. The average Bonchev–Trinajstić information content (AvgIpc) is 2.21. The molecular weight excluding hydrogens is 219 g/mol. The van der Waals surface area contributed by atoms with Crippen LogP contribution in [0.3, 0.4) is 0 Å². The molecule has 0 saturated carbocycles. The Bertz CT molecular complexity index is 338. The largest absolute Gasteiger partial charge is 0.395 e. The number of pyridine rings is 1. The Morgan fingerprint density at radius 1 is 1.53 bits per heavy atom. The molecule has 2 unspecified atom stereocenters. The third-order valence-corrected chi connectivity index (χ3v) is 2.28. The standard InChI is InChI=1S/C9H13FN2O2S/c10-9-6(11)3-5(4-12-9)8(14)7(13)1-2-15/h3-4,7-8,13-15H,1-2,11H2. The minimum absolute atomic E-state index is 0.148. The van der Waals surface area contributed by atoms with Crippen LogP contribution in [0, 0.1) is 5.95 Å².